The first-order chi connectivity index (χ1) is 6.18. The van der Waals surface area contributed by atoms with Gasteiger partial charge in [0, 0.05) is 0 Å². The molecule has 0 radical (unpaired) electrons. The summed E-state index contributed by atoms with van der Waals surface area (Å²) in [5.41, 5.74) is 8.95. The van der Waals surface area contributed by atoms with Crippen molar-refractivity contribution < 1.29 is 0 Å². The molecule has 0 bridgehead atoms. The lowest BCUT2D eigenvalue weighted by Gasteiger charge is -2.16. The Morgan fingerprint density at radius 1 is 1.38 bits per heavy atom. The van der Waals surface area contributed by atoms with Crippen LogP contribution in [-0.4, -0.2) is 10.2 Å². The summed E-state index contributed by atoms with van der Waals surface area (Å²) < 4.78 is 0. The van der Waals surface area contributed by atoms with E-state index in [1.807, 2.05) is 30.3 Å². The molecule has 5 heteroatoms. The van der Waals surface area contributed by atoms with Crippen molar-refractivity contribution in [3.8, 4) is 0 Å². The fourth-order valence-corrected chi connectivity index (χ4v) is 1.08. The predicted octanol–water partition coefficient (Wildman–Crippen LogP) is 0.111. The van der Waals surface area contributed by atoms with Crippen LogP contribution in [0.5, 0.6) is 0 Å². The minimum absolute atomic E-state index is 0.165. The van der Waals surface area contributed by atoms with Crippen LogP contribution in [0.25, 0.3) is 0 Å². The summed E-state index contributed by atoms with van der Waals surface area (Å²) in [6, 6.07) is 9.79. The van der Waals surface area contributed by atoms with E-state index in [0.717, 1.165) is 5.56 Å². The SMILES string of the molecule is NC(=S)NN(N)Cc1ccccc1. The second-order valence-corrected chi connectivity index (χ2v) is 3.03. The van der Waals surface area contributed by atoms with Crippen molar-refractivity contribution in [3.05, 3.63) is 35.9 Å². The molecular weight excluding hydrogens is 184 g/mol. The molecule has 0 fully saturated rings. The van der Waals surface area contributed by atoms with E-state index >= 15 is 0 Å². The molecule has 0 atom stereocenters. The Labute approximate surface area is 82.4 Å². The smallest absolute Gasteiger partial charge is 0.179 e. The number of hydrazine groups is 2. The number of thiocarbonyl (C=S) groups is 1. The van der Waals surface area contributed by atoms with Crippen LogP contribution in [0.3, 0.4) is 0 Å². The second-order valence-electron chi connectivity index (χ2n) is 2.59. The number of rotatable bonds is 3. The molecule has 0 aliphatic rings. The van der Waals surface area contributed by atoms with Crippen LogP contribution in [0.2, 0.25) is 0 Å². The highest BCUT2D eigenvalue weighted by atomic mass is 32.1. The average Bonchev–Trinajstić information content (AvgIpc) is 2.04. The van der Waals surface area contributed by atoms with Crippen molar-refractivity contribution in [1.82, 2.24) is 10.5 Å². The number of hydrogen-bond donors (Lipinski definition) is 3. The van der Waals surface area contributed by atoms with Crippen molar-refractivity contribution in [2.45, 2.75) is 6.54 Å². The summed E-state index contributed by atoms with van der Waals surface area (Å²) in [5, 5.41) is 1.51. The Morgan fingerprint density at radius 3 is 2.54 bits per heavy atom. The van der Waals surface area contributed by atoms with Crippen LogP contribution >= 0.6 is 12.2 Å². The van der Waals surface area contributed by atoms with Crippen LogP contribution < -0.4 is 17.0 Å². The molecule has 1 rings (SSSR count). The number of hydrogen-bond acceptors (Lipinski definition) is 3. The standard InChI is InChI=1S/C8H12N4S/c9-8(13)11-12(10)6-7-4-2-1-3-5-7/h1-5H,6,10H2,(H3,9,11,13). The topological polar surface area (TPSA) is 67.3 Å². The van der Waals surface area contributed by atoms with Crippen molar-refractivity contribution in [2.24, 2.45) is 11.6 Å². The highest BCUT2D eigenvalue weighted by Gasteiger charge is 1.98. The van der Waals surface area contributed by atoms with Crippen LogP contribution in [0.4, 0.5) is 0 Å². The summed E-state index contributed by atoms with van der Waals surface area (Å²) in [7, 11) is 0. The van der Waals surface area contributed by atoms with E-state index in [1.165, 1.54) is 5.12 Å². The van der Waals surface area contributed by atoms with Gasteiger partial charge in [0.25, 0.3) is 0 Å². The fraction of sp³-hybridized carbons (Fsp3) is 0.125. The molecular formula is C8H12N4S. The van der Waals surface area contributed by atoms with Crippen LogP contribution in [-0.2, 0) is 6.54 Å². The maximum atomic E-state index is 5.56. The maximum Gasteiger partial charge on any atom is 0.179 e. The fourth-order valence-electron chi connectivity index (χ4n) is 0.961. The zero-order valence-corrected chi connectivity index (χ0v) is 7.92. The molecule has 1 aromatic carbocycles. The molecule has 5 N–H and O–H groups in total. The van der Waals surface area contributed by atoms with Gasteiger partial charge in [-0.25, -0.2) is 0 Å². The minimum Gasteiger partial charge on any atom is -0.375 e. The first kappa shape index (κ1) is 9.91. The van der Waals surface area contributed by atoms with Crippen molar-refractivity contribution in [3.63, 3.8) is 0 Å². The van der Waals surface area contributed by atoms with Gasteiger partial charge in [0.05, 0.1) is 6.54 Å². The number of benzene rings is 1. The predicted molar refractivity (Wildman–Crippen MR) is 56.1 cm³/mol. The summed E-state index contributed by atoms with van der Waals surface area (Å²) in [6.07, 6.45) is 0. The molecule has 0 aliphatic heterocycles. The minimum atomic E-state index is 0.165. The quantitative estimate of drug-likeness (QED) is 0.364. The van der Waals surface area contributed by atoms with Gasteiger partial charge in [-0.1, -0.05) is 30.3 Å². The molecule has 0 aliphatic carbocycles. The Hall–Kier alpha value is -1.17. The first-order valence-corrected chi connectivity index (χ1v) is 4.21. The molecule has 0 spiro atoms. The highest BCUT2D eigenvalue weighted by Crippen LogP contribution is 1.99. The normalized spacial score (nSPS) is 10.0. The van der Waals surface area contributed by atoms with Gasteiger partial charge in [0.2, 0.25) is 0 Å². The van der Waals surface area contributed by atoms with E-state index in [0.29, 0.717) is 6.54 Å². The lowest BCUT2D eigenvalue weighted by atomic mass is 10.2. The Kier molecular flexibility index (Phi) is 3.63. The van der Waals surface area contributed by atoms with Gasteiger partial charge in [0.1, 0.15) is 0 Å². The zero-order valence-electron chi connectivity index (χ0n) is 7.10. The molecule has 4 nitrogen and oxygen atoms in total. The van der Waals surface area contributed by atoms with Gasteiger partial charge in [-0.15, -0.1) is 0 Å². The number of nitrogens with two attached hydrogens (primary N) is 2. The second kappa shape index (κ2) is 4.76. The third-order valence-corrected chi connectivity index (χ3v) is 1.54. The summed E-state index contributed by atoms with van der Waals surface area (Å²) in [6.45, 7) is 0.554. The molecule has 70 valence electrons. The molecule has 0 heterocycles. The largest absolute Gasteiger partial charge is 0.375 e. The monoisotopic (exact) mass is 196 g/mol. The van der Waals surface area contributed by atoms with Crippen molar-refractivity contribution in [2.75, 3.05) is 0 Å². The summed E-state index contributed by atoms with van der Waals surface area (Å²) >= 11 is 4.63. The van der Waals surface area contributed by atoms with E-state index in [4.69, 9.17) is 11.6 Å². The van der Waals surface area contributed by atoms with E-state index in [2.05, 4.69) is 17.6 Å². The van der Waals surface area contributed by atoms with Gasteiger partial charge < -0.3 is 5.73 Å². The zero-order chi connectivity index (χ0) is 9.68. The Morgan fingerprint density at radius 2 is 2.00 bits per heavy atom. The first-order valence-electron chi connectivity index (χ1n) is 3.81. The molecule has 13 heavy (non-hydrogen) atoms. The van der Waals surface area contributed by atoms with Crippen LogP contribution in [0.15, 0.2) is 30.3 Å². The van der Waals surface area contributed by atoms with E-state index < -0.39 is 0 Å². The van der Waals surface area contributed by atoms with Gasteiger partial charge >= 0.3 is 0 Å². The maximum absolute atomic E-state index is 5.56. The highest BCUT2D eigenvalue weighted by molar-refractivity contribution is 7.80. The van der Waals surface area contributed by atoms with E-state index in [1.54, 1.807) is 0 Å². The van der Waals surface area contributed by atoms with E-state index in [-0.39, 0.29) is 5.11 Å². The van der Waals surface area contributed by atoms with Crippen LogP contribution in [0.1, 0.15) is 5.56 Å². The lowest BCUT2D eigenvalue weighted by Crippen LogP contribution is -2.48. The summed E-state index contributed by atoms with van der Waals surface area (Å²) in [5.74, 6) is 5.56. The summed E-state index contributed by atoms with van der Waals surface area (Å²) in [4.78, 5) is 0. The third-order valence-electron chi connectivity index (χ3n) is 1.45. The van der Waals surface area contributed by atoms with Gasteiger partial charge in [0.15, 0.2) is 5.11 Å². The van der Waals surface area contributed by atoms with Crippen molar-refractivity contribution >= 4 is 17.3 Å². The molecule has 0 aromatic heterocycles. The molecule has 0 amide bonds. The van der Waals surface area contributed by atoms with Crippen molar-refractivity contribution in [1.29, 1.82) is 0 Å². The molecule has 0 saturated heterocycles. The van der Waals surface area contributed by atoms with Crippen LogP contribution in [0, 0.1) is 0 Å². The third kappa shape index (κ3) is 3.84. The molecule has 0 saturated carbocycles. The van der Waals surface area contributed by atoms with Gasteiger partial charge in [-0.05, 0) is 17.8 Å². The van der Waals surface area contributed by atoms with Gasteiger partial charge in [-0.2, -0.15) is 5.12 Å². The molecule has 0 unspecified atom stereocenters. The Bertz CT molecular complexity index is 275. The average molecular weight is 196 g/mol. The lowest BCUT2D eigenvalue weighted by molar-refractivity contribution is 0.234. The Balaban J connectivity index is 2.45. The van der Waals surface area contributed by atoms with E-state index in [9.17, 15) is 0 Å². The molecule has 1 aromatic rings. The number of nitrogens with zero attached hydrogens (tertiary/aromatic N) is 1. The number of nitrogens with one attached hydrogen (secondary N) is 1. The van der Waals surface area contributed by atoms with Gasteiger partial charge in [-0.3, -0.25) is 11.3 Å².